The molecular weight excluding hydrogens is 480 g/mol. The molecule has 1 aliphatic carbocycles. The topological polar surface area (TPSA) is 98.4 Å². The van der Waals surface area contributed by atoms with Gasteiger partial charge in [-0.25, -0.2) is 13.8 Å². The Balaban J connectivity index is 1.22. The molecule has 1 aromatic carbocycles. The van der Waals surface area contributed by atoms with Gasteiger partial charge in [-0.1, -0.05) is 11.6 Å². The van der Waals surface area contributed by atoms with E-state index in [2.05, 4.69) is 15.3 Å². The van der Waals surface area contributed by atoms with Crippen molar-refractivity contribution in [2.45, 2.75) is 50.7 Å². The monoisotopic (exact) mass is 505 g/mol. The number of imidazole rings is 1. The zero-order valence-electron chi connectivity index (χ0n) is 19.0. The van der Waals surface area contributed by atoms with Gasteiger partial charge in [0.05, 0.1) is 30.1 Å². The summed E-state index contributed by atoms with van der Waals surface area (Å²) in [6, 6.07) is 3.90. The first-order valence-corrected chi connectivity index (χ1v) is 12.2. The first-order valence-electron chi connectivity index (χ1n) is 11.8. The number of alkyl halides is 1. The smallest absolute Gasteiger partial charge is 0.275 e. The number of anilines is 1. The van der Waals surface area contributed by atoms with Crippen LogP contribution in [-0.4, -0.2) is 64.4 Å². The molecule has 5 rings (SSSR count). The highest BCUT2D eigenvalue weighted by molar-refractivity contribution is 6.33. The van der Waals surface area contributed by atoms with Crippen LogP contribution < -0.4 is 10.2 Å². The molecule has 0 atom stereocenters. The number of likely N-dealkylation sites (tertiary alicyclic amines) is 1. The second-order valence-corrected chi connectivity index (χ2v) is 10.0. The van der Waals surface area contributed by atoms with Crippen LogP contribution in [-0.2, 0) is 4.79 Å². The van der Waals surface area contributed by atoms with E-state index >= 15 is 0 Å². The zero-order chi connectivity index (χ0) is 24.7. The number of halogens is 3. The third-order valence-corrected chi connectivity index (χ3v) is 7.71. The van der Waals surface area contributed by atoms with Crippen LogP contribution in [0, 0.1) is 11.2 Å². The van der Waals surface area contributed by atoms with E-state index in [1.807, 2.05) is 0 Å². The minimum Gasteiger partial charge on any atom is -0.348 e. The lowest BCUT2D eigenvalue weighted by atomic mass is 9.67. The van der Waals surface area contributed by atoms with Gasteiger partial charge in [0, 0.05) is 18.0 Å². The molecule has 186 valence electrons. The summed E-state index contributed by atoms with van der Waals surface area (Å²) in [7, 11) is 0. The lowest BCUT2D eigenvalue weighted by molar-refractivity contribution is -0.132. The Morgan fingerprint density at radius 3 is 2.63 bits per heavy atom. The number of carbonyl (C=O) groups excluding carboxylic acids is 3. The Morgan fingerprint density at radius 1 is 1.20 bits per heavy atom. The lowest BCUT2D eigenvalue weighted by Gasteiger charge is -2.45. The highest BCUT2D eigenvalue weighted by atomic mass is 35.5. The van der Waals surface area contributed by atoms with Crippen molar-refractivity contribution in [3.63, 3.8) is 0 Å². The van der Waals surface area contributed by atoms with Crippen LogP contribution in [0.25, 0.3) is 0 Å². The molecule has 3 aliphatic rings. The highest BCUT2D eigenvalue weighted by Gasteiger charge is 2.47. The number of nitrogens with one attached hydrogen (secondary N) is 2. The van der Waals surface area contributed by atoms with Crippen LogP contribution in [0.3, 0.4) is 0 Å². The van der Waals surface area contributed by atoms with Gasteiger partial charge in [-0.05, 0) is 56.7 Å². The summed E-state index contributed by atoms with van der Waals surface area (Å²) >= 11 is 6.22. The fourth-order valence-electron chi connectivity index (χ4n) is 5.41. The highest BCUT2D eigenvalue weighted by Crippen LogP contribution is 2.46. The molecular formula is C24H26ClF2N5O3. The van der Waals surface area contributed by atoms with E-state index in [1.165, 1.54) is 29.4 Å². The first kappa shape index (κ1) is 23.7. The van der Waals surface area contributed by atoms with Crippen molar-refractivity contribution in [1.29, 1.82) is 0 Å². The maximum Gasteiger partial charge on any atom is 0.275 e. The minimum atomic E-state index is -1.04. The normalized spacial score (nSPS) is 25.0. The fourth-order valence-corrected chi connectivity index (χ4v) is 5.68. The van der Waals surface area contributed by atoms with Crippen molar-refractivity contribution in [2.24, 2.45) is 5.41 Å². The van der Waals surface area contributed by atoms with Crippen molar-refractivity contribution in [2.75, 3.05) is 24.5 Å². The summed E-state index contributed by atoms with van der Waals surface area (Å²) in [5.41, 5.74) is 0.0249. The number of H-pyrrole nitrogens is 1. The summed E-state index contributed by atoms with van der Waals surface area (Å²) in [5, 5.41) is 3.16. The van der Waals surface area contributed by atoms with Crippen LogP contribution in [0.4, 0.5) is 14.5 Å². The number of benzene rings is 1. The number of nitrogens with zero attached hydrogens (tertiary/aromatic N) is 3. The van der Waals surface area contributed by atoms with E-state index in [4.69, 9.17) is 11.6 Å². The summed E-state index contributed by atoms with van der Waals surface area (Å²) in [6.45, 7) is 0.542. The predicted octanol–water partition coefficient (Wildman–Crippen LogP) is 3.48. The minimum absolute atomic E-state index is 0.00560. The first-order chi connectivity index (χ1) is 16.8. The standard InChI is InChI=1S/C24H26ClF2N5O3/c25-17-10-14(26)2-3-18(17)32-9-1-6-24(23(32)35)7-4-16(5-8-24)30-21(33)19-20(29-13-28-19)22(34)31-11-15(27)12-31/h2-3,10,13,15-16H,1,4-9,11-12H2,(H,28,29)(H,30,33)/t16-,24+. The summed E-state index contributed by atoms with van der Waals surface area (Å²) in [4.78, 5) is 48.6. The molecule has 1 saturated carbocycles. The van der Waals surface area contributed by atoms with Gasteiger partial charge in [0.25, 0.3) is 11.8 Å². The molecule has 1 aromatic heterocycles. The number of piperidine rings is 1. The Morgan fingerprint density at radius 2 is 1.94 bits per heavy atom. The maximum atomic E-state index is 13.5. The van der Waals surface area contributed by atoms with E-state index in [1.54, 1.807) is 4.90 Å². The van der Waals surface area contributed by atoms with Crippen LogP contribution >= 0.6 is 11.6 Å². The molecule has 0 radical (unpaired) electrons. The second kappa shape index (κ2) is 9.22. The number of aromatic nitrogens is 2. The van der Waals surface area contributed by atoms with Crippen LogP contribution in [0.15, 0.2) is 24.5 Å². The van der Waals surface area contributed by atoms with Gasteiger partial charge in [-0.3, -0.25) is 14.4 Å². The van der Waals surface area contributed by atoms with Gasteiger partial charge in [0.2, 0.25) is 5.91 Å². The average Bonchev–Trinajstić information content (AvgIpc) is 3.31. The van der Waals surface area contributed by atoms with E-state index in [-0.39, 0.29) is 41.4 Å². The molecule has 35 heavy (non-hydrogen) atoms. The van der Waals surface area contributed by atoms with Gasteiger partial charge in [-0.15, -0.1) is 0 Å². The molecule has 3 fully saturated rings. The molecule has 3 amide bonds. The Bertz CT molecular complexity index is 1160. The largest absolute Gasteiger partial charge is 0.348 e. The molecule has 2 aromatic rings. The number of hydrogen-bond acceptors (Lipinski definition) is 4. The van der Waals surface area contributed by atoms with Crippen molar-refractivity contribution in [3.05, 3.63) is 46.8 Å². The SMILES string of the molecule is O=C(N[C@H]1CC[C@]2(CCCN(c3ccc(F)cc3Cl)C2=O)CC1)c1[nH]cnc1C(=O)N1CC(F)C1. The van der Waals surface area contributed by atoms with Crippen molar-refractivity contribution in [1.82, 2.24) is 20.2 Å². The molecule has 2 N–H and O–H groups in total. The van der Waals surface area contributed by atoms with Gasteiger partial charge in [0.1, 0.15) is 17.7 Å². The van der Waals surface area contributed by atoms with Crippen LogP contribution in [0.5, 0.6) is 0 Å². The Hall–Kier alpha value is -3.01. The average molecular weight is 506 g/mol. The molecule has 1 spiro atoms. The summed E-state index contributed by atoms with van der Waals surface area (Å²) in [6.07, 6.45) is 4.23. The van der Waals surface area contributed by atoms with Crippen molar-refractivity contribution in [3.8, 4) is 0 Å². The molecule has 0 unspecified atom stereocenters. The second-order valence-electron chi connectivity index (χ2n) is 9.62. The van der Waals surface area contributed by atoms with E-state index in [0.29, 0.717) is 37.9 Å². The van der Waals surface area contributed by atoms with Crippen LogP contribution in [0.2, 0.25) is 5.02 Å². The summed E-state index contributed by atoms with van der Waals surface area (Å²) in [5.74, 6) is -1.38. The predicted molar refractivity (Wildman–Crippen MR) is 125 cm³/mol. The molecule has 0 bridgehead atoms. The third-order valence-electron chi connectivity index (χ3n) is 7.41. The molecule has 3 heterocycles. The zero-order valence-corrected chi connectivity index (χ0v) is 19.8. The number of carbonyl (C=O) groups is 3. The van der Waals surface area contributed by atoms with Gasteiger partial charge >= 0.3 is 0 Å². The molecule has 2 saturated heterocycles. The number of hydrogen-bond donors (Lipinski definition) is 2. The quantitative estimate of drug-likeness (QED) is 0.664. The van der Waals surface area contributed by atoms with Crippen molar-refractivity contribution >= 4 is 35.0 Å². The van der Waals surface area contributed by atoms with Gasteiger partial charge in [0.15, 0.2) is 5.69 Å². The molecule has 2 aliphatic heterocycles. The maximum absolute atomic E-state index is 13.5. The Kier molecular flexibility index (Phi) is 6.25. The van der Waals surface area contributed by atoms with E-state index < -0.39 is 29.2 Å². The van der Waals surface area contributed by atoms with E-state index in [0.717, 1.165) is 12.8 Å². The lowest BCUT2D eigenvalue weighted by Crippen LogP contribution is -2.53. The fraction of sp³-hybridized carbons (Fsp3) is 0.500. The van der Waals surface area contributed by atoms with Gasteiger partial charge in [-0.2, -0.15) is 0 Å². The van der Waals surface area contributed by atoms with Crippen LogP contribution in [0.1, 0.15) is 59.5 Å². The number of rotatable bonds is 4. The van der Waals surface area contributed by atoms with Gasteiger partial charge < -0.3 is 20.1 Å². The third kappa shape index (κ3) is 4.39. The molecule has 11 heteroatoms. The molecule has 8 nitrogen and oxygen atoms in total. The number of aromatic amines is 1. The van der Waals surface area contributed by atoms with E-state index in [9.17, 15) is 23.2 Å². The number of amides is 3. The Labute approximate surface area is 206 Å². The summed E-state index contributed by atoms with van der Waals surface area (Å²) < 4.78 is 26.6. The van der Waals surface area contributed by atoms with Crippen molar-refractivity contribution < 1.29 is 23.2 Å².